The van der Waals surface area contributed by atoms with E-state index in [1.165, 1.54) is 26.0 Å². The van der Waals surface area contributed by atoms with E-state index in [4.69, 9.17) is 28.0 Å². The van der Waals surface area contributed by atoms with Crippen molar-refractivity contribution < 1.29 is 45.5 Å². The first kappa shape index (κ1) is 28.4. The summed E-state index contributed by atoms with van der Waals surface area (Å²) in [7, 11) is 0. The number of likely N-dealkylation sites (tertiary alicyclic amines) is 1. The van der Waals surface area contributed by atoms with Crippen LogP contribution in [0.3, 0.4) is 0 Å². The maximum absolute atomic E-state index is 15.2. The smallest absolute Gasteiger partial charge is 0.381 e. The minimum absolute atomic E-state index is 0.00308. The molecule has 1 aromatic heterocycles. The average molecular weight is 588 g/mol. The van der Waals surface area contributed by atoms with Crippen molar-refractivity contribution in [2.75, 3.05) is 13.1 Å². The Morgan fingerprint density at radius 1 is 1.11 bits per heavy atom. The van der Waals surface area contributed by atoms with Gasteiger partial charge in [-0.25, -0.2) is 4.39 Å². The lowest BCUT2D eigenvalue weighted by Gasteiger charge is -2.45. The highest BCUT2D eigenvalue weighted by Gasteiger charge is 2.63. The van der Waals surface area contributed by atoms with Crippen molar-refractivity contribution in [3.05, 3.63) is 62.9 Å². The molecule has 2 aliphatic rings. The lowest BCUT2D eigenvalue weighted by atomic mass is 9.85. The van der Waals surface area contributed by atoms with Crippen LogP contribution in [-0.4, -0.2) is 51.5 Å². The third-order valence-electron chi connectivity index (χ3n) is 6.24. The van der Waals surface area contributed by atoms with Gasteiger partial charge in [0.05, 0.1) is 46.5 Å². The van der Waals surface area contributed by atoms with Gasteiger partial charge in [0.25, 0.3) is 11.5 Å². The molecule has 0 saturated carbocycles. The summed E-state index contributed by atoms with van der Waals surface area (Å²) in [6.07, 6.45) is -10.3. The molecule has 6 nitrogen and oxygen atoms in total. The number of halogens is 9. The largest absolute Gasteiger partial charge is 0.435 e. The molecule has 3 heterocycles. The fourth-order valence-electron chi connectivity index (χ4n) is 4.17. The normalized spacial score (nSPS) is 21.6. The molecule has 1 aromatic carbocycles. The quantitative estimate of drug-likeness (QED) is 0.461. The van der Waals surface area contributed by atoms with Gasteiger partial charge in [-0.05, 0) is 38.1 Å². The molecule has 0 radical (unpaired) electrons. The van der Waals surface area contributed by atoms with Gasteiger partial charge in [-0.2, -0.15) is 26.3 Å². The number of aromatic nitrogens is 1. The van der Waals surface area contributed by atoms with Crippen molar-refractivity contribution in [3.63, 3.8) is 0 Å². The first-order valence-corrected chi connectivity index (χ1v) is 11.6. The molecule has 15 heteroatoms. The Labute approximate surface area is 221 Å². The maximum atomic E-state index is 15.2. The van der Waals surface area contributed by atoms with Gasteiger partial charge >= 0.3 is 12.4 Å². The third kappa shape index (κ3) is 4.79. The minimum atomic E-state index is -5.23. The van der Waals surface area contributed by atoms with E-state index in [1.54, 1.807) is 0 Å². The van der Waals surface area contributed by atoms with Crippen LogP contribution in [0.4, 0.5) is 30.7 Å². The Morgan fingerprint density at radius 2 is 1.74 bits per heavy atom. The molecular formula is C23H18Cl2F7N3O3. The third-order valence-corrected chi connectivity index (χ3v) is 7.04. The maximum Gasteiger partial charge on any atom is 0.435 e. The lowest BCUT2D eigenvalue weighted by molar-refractivity contribution is -0.276. The minimum Gasteiger partial charge on any atom is -0.381 e. The Bertz CT molecular complexity index is 1300. The summed E-state index contributed by atoms with van der Waals surface area (Å²) >= 11 is 11.3. The molecule has 206 valence electrons. The molecule has 2 aromatic rings. The number of oxime groups is 1. The highest BCUT2D eigenvalue weighted by Crippen LogP contribution is 2.51. The number of carbonyl (C=O) groups is 1. The second-order valence-electron chi connectivity index (χ2n) is 9.57. The molecule has 1 saturated heterocycles. The van der Waals surface area contributed by atoms with E-state index in [1.807, 2.05) is 0 Å². The molecule has 1 amide bonds. The zero-order chi connectivity index (χ0) is 28.5. The van der Waals surface area contributed by atoms with E-state index in [-0.39, 0.29) is 36.1 Å². The van der Waals surface area contributed by atoms with Gasteiger partial charge < -0.3 is 14.8 Å². The number of hydrogen-bond donors (Lipinski definition) is 1. The summed E-state index contributed by atoms with van der Waals surface area (Å²) in [5, 5.41) is 11.5. The number of carbonyl (C=O) groups excluding carboxylic acids is 1. The topological polar surface area (TPSA) is 75.0 Å². The second-order valence-corrected chi connectivity index (χ2v) is 10.4. The number of benzene rings is 1. The number of rotatable bonds is 4. The van der Waals surface area contributed by atoms with Crippen LogP contribution < -0.4 is 0 Å². The predicted octanol–water partition coefficient (Wildman–Crippen LogP) is 5.77. The molecule has 1 N–H and O–H groups in total. The zero-order valence-corrected chi connectivity index (χ0v) is 21.0. The first-order valence-electron chi connectivity index (χ1n) is 10.8. The van der Waals surface area contributed by atoms with Crippen molar-refractivity contribution in [2.45, 2.75) is 49.5 Å². The van der Waals surface area contributed by atoms with Crippen LogP contribution in [0.1, 0.15) is 42.7 Å². The number of nitrogens with zero attached hydrogens (tertiary/aromatic N) is 3. The first-order chi connectivity index (χ1) is 17.3. The van der Waals surface area contributed by atoms with Crippen LogP contribution in [-0.2, 0) is 27.1 Å². The van der Waals surface area contributed by atoms with Gasteiger partial charge in [-0.3, -0.25) is 9.78 Å². The number of alkyl halides is 7. The van der Waals surface area contributed by atoms with Crippen LogP contribution in [0, 0.1) is 0 Å². The predicted molar refractivity (Wildman–Crippen MR) is 121 cm³/mol. The molecule has 2 aliphatic heterocycles. The Balaban J connectivity index is 1.59. The molecule has 0 bridgehead atoms. The Hall–Kier alpha value is -2.64. The van der Waals surface area contributed by atoms with Gasteiger partial charge in [0.15, 0.2) is 5.67 Å². The van der Waals surface area contributed by atoms with Crippen LogP contribution in [0.25, 0.3) is 0 Å². The van der Waals surface area contributed by atoms with Crippen molar-refractivity contribution >= 4 is 34.8 Å². The van der Waals surface area contributed by atoms with Crippen molar-refractivity contribution in [2.24, 2.45) is 5.16 Å². The lowest BCUT2D eigenvalue weighted by Crippen LogP contribution is -2.62. The summed E-state index contributed by atoms with van der Waals surface area (Å²) < 4.78 is 98.1. The standard InChI is InChI=1S/C23H18Cl2F7N3O3/c1-19(2,37)18(36)35-9-20(26,10-35)16-4-3-11(8-33-16)15-7-21(38-34-15,23(30,31)32)12-5-13(22(27,28)29)17(25)14(24)6-12/h3-6,8,37H,7,9-10H2,1-2H3. The van der Waals surface area contributed by atoms with E-state index in [0.29, 0.717) is 6.07 Å². The fourth-order valence-corrected chi connectivity index (χ4v) is 4.60. The Kier molecular flexibility index (Phi) is 6.68. The van der Waals surface area contributed by atoms with E-state index in [0.717, 1.165) is 11.1 Å². The van der Waals surface area contributed by atoms with E-state index < -0.39 is 62.7 Å². The van der Waals surface area contributed by atoms with Gasteiger partial charge in [-0.15, -0.1) is 0 Å². The number of amides is 1. The Morgan fingerprint density at radius 3 is 2.24 bits per heavy atom. The molecular weight excluding hydrogens is 570 g/mol. The fraction of sp³-hybridized carbons (Fsp3) is 0.435. The highest BCUT2D eigenvalue weighted by molar-refractivity contribution is 6.42. The molecule has 1 atom stereocenters. The summed E-state index contributed by atoms with van der Waals surface area (Å²) in [6, 6.07) is 3.27. The van der Waals surface area contributed by atoms with Gasteiger partial charge in [0.1, 0.15) is 5.60 Å². The van der Waals surface area contributed by atoms with Crippen LogP contribution in [0.5, 0.6) is 0 Å². The summed E-state index contributed by atoms with van der Waals surface area (Å²) in [5.41, 5.74) is -9.98. The summed E-state index contributed by atoms with van der Waals surface area (Å²) in [5.74, 6) is -0.681. The van der Waals surface area contributed by atoms with Crippen molar-refractivity contribution in [1.82, 2.24) is 9.88 Å². The molecule has 0 aliphatic carbocycles. The van der Waals surface area contributed by atoms with Crippen LogP contribution in [0.2, 0.25) is 10.0 Å². The van der Waals surface area contributed by atoms with Crippen LogP contribution >= 0.6 is 23.2 Å². The van der Waals surface area contributed by atoms with Crippen molar-refractivity contribution in [1.29, 1.82) is 0 Å². The number of aliphatic hydroxyl groups is 1. The van der Waals surface area contributed by atoms with Gasteiger partial charge in [0.2, 0.25) is 0 Å². The van der Waals surface area contributed by atoms with Crippen LogP contribution in [0.15, 0.2) is 35.6 Å². The molecule has 1 unspecified atom stereocenters. The van der Waals surface area contributed by atoms with E-state index in [9.17, 15) is 36.2 Å². The molecule has 4 rings (SSSR count). The molecule has 0 spiro atoms. The average Bonchev–Trinajstić information content (AvgIpc) is 3.24. The molecule has 1 fully saturated rings. The van der Waals surface area contributed by atoms with Gasteiger partial charge in [0, 0.05) is 17.3 Å². The summed E-state index contributed by atoms with van der Waals surface area (Å²) in [4.78, 5) is 21.8. The second kappa shape index (κ2) is 8.95. The molecule has 38 heavy (non-hydrogen) atoms. The number of pyridine rings is 1. The zero-order valence-electron chi connectivity index (χ0n) is 19.5. The van der Waals surface area contributed by atoms with E-state index >= 15 is 4.39 Å². The van der Waals surface area contributed by atoms with Crippen molar-refractivity contribution in [3.8, 4) is 0 Å². The summed E-state index contributed by atoms with van der Waals surface area (Å²) in [6.45, 7) is 1.74. The van der Waals surface area contributed by atoms with E-state index in [2.05, 4.69) is 10.1 Å². The highest BCUT2D eigenvalue weighted by atomic mass is 35.5. The monoisotopic (exact) mass is 587 g/mol. The number of hydrogen-bond acceptors (Lipinski definition) is 5. The SMILES string of the molecule is CC(C)(O)C(=O)N1CC(F)(c2ccc(C3=NOC(c4cc(Cl)c(Cl)c(C(F)(F)F)c4)(C(F)(F)F)C3)cn2)C1. The van der Waals surface area contributed by atoms with Gasteiger partial charge in [-0.1, -0.05) is 28.4 Å².